The SMILES string of the molecule is COc1ccc(-c2nc3cc(NC=C(C#N)C#N)ccc3o2)cc1OC. The minimum absolute atomic E-state index is 0.0173. The van der Waals surface area contributed by atoms with Crippen molar-refractivity contribution in [3.63, 3.8) is 0 Å². The first-order valence-corrected chi connectivity index (χ1v) is 7.58. The van der Waals surface area contributed by atoms with E-state index in [2.05, 4.69) is 10.3 Å². The summed E-state index contributed by atoms with van der Waals surface area (Å²) in [6, 6.07) is 14.3. The highest BCUT2D eigenvalue weighted by molar-refractivity contribution is 5.80. The number of fused-ring (bicyclic) bond motifs is 1. The quantitative estimate of drug-likeness (QED) is 0.699. The number of rotatable bonds is 5. The van der Waals surface area contributed by atoms with Crippen molar-refractivity contribution in [1.82, 2.24) is 4.98 Å². The lowest BCUT2D eigenvalue weighted by Gasteiger charge is -2.07. The van der Waals surface area contributed by atoms with Gasteiger partial charge in [0, 0.05) is 17.5 Å². The van der Waals surface area contributed by atoms with Crippen LogP contribution in [0.3, 0.4) is 0 Å². The second kappa shape index (κ2) is 7.29. The van der Waals surface area contributed by atoms with E-state index in [-0.39, 0.29) is 5.57 Å². The zero-order valence-corrected chi connectivity index (χ0v) is 14.1. The Hall–Kier alpha value is -3.97. The molecule has 1 heterocycles. The Morgan fingerprint density at radius 2 is 1.85 bits per heavy atom. The molecule has 26 heavy (non-hydrogen) atoms. The van der Waals surface area contributed by atoms with Crippen LogP contribution in [0.5, 0.6) is 11.5 Å². The van der Waals surface area contributed by atoms with Crippen LogP contribution in [0.1, 0.15) is 0 Å². The molecule has 0 saturated heterocycles. The average Bonchev–Trinajstić information content (AvgIpc) is 3.11. The summed E-state index contributed by atoms with van der Waals surface area (Å²) in [6.45, 7) is 0. The Balaban J connectivity index is 1.94. The molecule has 0 bridgehead atoms. The van der Waals surface area contributed by atoms with Crippen LogP contribution in [0, 0.1) is 22.7 Å². The highest BCUT2D eigenvalue weighted by Crippen LogP contribution is 2.33. The molecule has 0 radical (unpaired) electrons. The van der Waals surface area contributed by atoms with Gasteiger partial charge in [-0.05, 0) is 36.4 Å². The van der Waals surface area contributed by atoms with E-state index in [4.69, 9.17) is 24.4 Å². The number of oxazole rings is 1. The van der Waals surface area contributed by atoms with Gasteiger partial charge in [-0.1, -0.05) is 0 Å². The van der Waals surface area contributed by atoms with E-state index in [0.29, 0.717) is 34.2 Å². The Bertz CT molecular complexity index is 1050. The summed E-state index contributed by atoms with van der Waals surface area (Å²) in [5.74, 6) is 1.65. The first-order valence-electron chi connectivity index (χ1n) is 7.58. The number of anilines is 1. The molecule has 0 saturated carbocycles. The second-order valence-corrected chi connectivity index (χ2v) is 5.20. The van der Waals surface area contributed by atoms with Crippen molar-refractivity contribution in [1.29, 1.82) is 10.5 Å². The highest BCUT2D eigenvalue weighted by atomic mass is 16.5. The van der Waals surface area contributed by atoms with Crippen LogP contribution in [-0.2, 0) is 0 Å². The fraction of sp³-hybridized carbons (Fsp3) is 0.105. The topological polar surface area (TPSA) is 104 Å². The molecule has 0 aliphatic carbocycles. The monoisotopic (exact) mass is 346 g/mol. The van der Waals surface area contributed by atoms with Gasteiger partial charge in [-0.15, -0.1) is 0 Å². The summed E-state index contributed by atoms with van der Waals surface area (Å²) in [7, 11) is 3.14. The van der Waals surface area contributed by atoms with Gasteiger partial charge in [0.15, 0.2) is 17.1 Å². The van der Waals surface area contributed by atoms with Crippen molar-refractivity contribution in [3.05, 3.63) is 48.2 Å². The van der Waals surface area contributed by atoms with Crippen LogP contribution >= 0.6 is 0 Å². The lowest BCUT2D eigenvalue weighted by molar-refractivity contribution is 0.355. The normalized spacial score (nSPS) is 9.85. The first kappa shape index (κ1) is 16.9. The highest BCUT2D eigenvalue weighted by Gasteiger charge is 2.12. The molecule has 0 aliphatic rings. The number of benzene rings is 2. The van der Waals surface area contributed by atoms with Crippen molar-refractivity contribution >= 4 is 16.8 Å². The molecule has 0 spiro atoms. The molecule has 7 nitrogen and oxygen atoms in total. The van der Waals surface area contributed by atoms with Crippen LogP contribution in [-0.4, -0.2) is 19.2 Å². The van der Waals surface area contributed by atoms with Crippen molar-refractivity contribution in [2.24, 2.45) is 0 Å². The zero-order chi connectivity index (χ0) is 18.5. The number of ether oxygens (including phenoxy) is 2. The zero-order valence-electron chi connectivity index (χ0n) is 14.1. The number of nitriles is 2. The molecule has 7 heteroatoms. The van der Waals surface area contributed by atoms with Gasteiger partial charge in [0.25, 0.3) is 0 Å². The van der Waals surface area contributed by atoms with Crippen LogP contribution < -0.4 is 14.8 Å². The maximum Gasteiger partial charge on any atom is 0.227 e. The van der Waals surface area contributed by atoms with Gasteiger partial charge in [-0.25, -0.2) is 4.98 Å². The van der Waals surface area contributed by atoms with Gasteiger partial charge < -0.3 is 19.2 Å². The van der Waals surface area contributed by atoms with E-state index in [1.54, 1.807) is 56.7 Å². The van der Waals surface area contributed by atoms with E-state index < -0.39 is 0 Å². The summed E-state index contributed by atoms with van der Waals surface area (Å²) >= 11 is 0. The van der Waals surface area contributed by atoms with Crippen LogP contribution in [0.25, 0.3) is 22.6 Å². The Morgan fingerprint density at radius 1 is 1.08 bits per heavy atom. The number of aromatic nitrogens is 1. The summed E-state index contributed by atoms with van der Waals surface area (Å²) in [4.78, 5) is 4.49. The summed E-state index contributed by atoms with van der Waals surface area (Å²) < 4.78 is 16.3. The summed E-state index contributed by atoms with van der Waals surface area (Å²) in [5.41, 5.74) is 2.68. The molecule has 3 aromatic rings. The molecule has 1 N–H and O–H groups in total. The van der Waals surface area contributed by atoms with Crippen molar-refractivity contribution in [2.75, 3.05) is 19.5 Å². The number of hydrogen-bond acceptors (Lipinski definition) is 7. The van der Waals surface area contributed by atoms with Crippen LogP contribution in [0.15, 0.2) is 52.6 Å². The lowest BCUT2D eigenvalue weighted by Crippen LogP contribution is -1.90. The van der Waals surface area contributed by atoms with Gasteiger partial charge >= 0.3 is 0 Å². The predicted molar refractivity (Wildman–Crippen MR) is 95.5 cm³/mol. The molecule has 2 aromatic carbocycles. The smallest absolute Gasteiger partial charge is 0.227 e. The van der Waals surface area contributed by atoms with Gasteiger partial charge in [0.2, 0.25) is 5.89 Å². The van der Waals surface area contributed by atoms with Crippen molar-refractivity contribution < 1.29 is 13.9 Å². The Labute approximate surface area is 149 Å². The third-order valence-electron chi connectivity index (χ3n) is 3.64. The molecule has 0 amide bonds. The maximum atomic E-state index is 8.76. The van der Waals surface area contributed by atoms with Crippen molar-refractivity contribution in [3.8, 4) is 35.1 Å². The molecule has 0 aliphatic heterocycles. The maximum absolute atomic E-state index is 8.76. The van der Waals surface area contributed by atoms with Crippen LogP contribution in [0.2, 0.25) is 0 Å². The largest absolute Gasteiger partial charge is 0.493 e. The Morgan fingerprint density at radius 3 is 2.54 bits per heavy atom. The van der Waals surface area contributed by atoms with E-state index in [1.165, 1.54) is 6.20 Å². The summed E-state index contributed by atoms with van der Waals surface area (Å²) in [6.07, 6.45) is 1.34. The molecule has 128 valence electrons. The van der Waals surface area contributed by atoms with Gasteiger partial charge in [-0.3, -0.25) is 0 Å². The van der Waals surface area contributed by atoms with Crippen LogP contribution in [0.4, 0.5) is 5.69 Å². The number of hydrogen-bond donors (Lipinski definition) is 1. The van der Waals surface area contributed by atoms with E-state index in [9.17, 15) is 0 Å². The van der Waals surface area contributed by atoms with Gasteiger partial charge in [0.1, 0.15) is 23.2 Å². The standard InChI is InChI=1S/C19H14N4O3/c1-24-17-5-3-13(7-18(17)25-2)19-23-15-8-14(4-6-16(15)26-19)22-11-12(9-20)10-21/h3-8,11,22H,1-2H3. The number of allylic oxidation sites excluding steroid dienone is 1. The minimum atomic E-state index is -0.0173. The molecular weight excluding hydrogens is 332 g/mol. The predicted octanol–water partition coefficient (Wildman–Crippen LogP) is 3.85. The number of nitrogens with one attached hydrogen (secondary N) is 1. The molecule has 0 fully saturated rings. The molecule has 0 unspecified atom stereocenters. The lowest BCUT2D eigenvalue weighted by atomic mass is 10.2. The van der Waals surface area contributed by atoms with Gasteiger partial charge in [-0.2, -0.15) is 10.5 Å². The molecule has 1 aromatic heterocycles. The number of nitrogens with zero attached hydrogens (tertiary/aromatic N) is 3. The molecular formula is C19H14N4O3. The van der Waals surface area contributed by atoms with Crippen molar-refractivity contribution in [2.45, 2.75) is 0 Å². The second-order valence-electron chi connectivity index (χ2n) is 5.20. The third kappa shape index (κ3) is 3.28. The first-order chi connectivity index (χ1) is 12.7. The van der Waals surface area contributed by atoms with E-state index in [1.807, 2.05) is 6.07 Å². The average molecular weight is 346 g/mol. The van der Waals surface area contributed by atoms with E-state index >= 15 is 0 Å². The molecule has 0 atom stereocenters. The summed E-state index contributed by atoms with van der Waals surface area (Å²) in [5, 5.41) is 20.4. The van der Waals surface area contributed by atoms with E-state index in [0.717, 1.165) is 5.56 Å². The fourth-order valence-electron chi connectivity index (χ4n) is 2.35. The fourth-order valence-corrected chi connectivity index (χ4v) is 2.35. The number of methoxy groups -OCH3 is 2. The molecule has 3 rings (SSSR count). The van der Waals surface area contributed by atoms with Gasteiger partial charge in [0.05, 0.1) is 14.2 Å². The third-order valence-corrected chi connectivity index (χ3v) is 3.64. The minimum Gasteiger partial charge on any atom is -0.493 e. The Kier molecular flexibility index (Phi) is 4.73.